The second-order valence-corrected chi connectivity index (χ2v) is 12.8. The van der Waals surface area contributed by atoms with Crippen molar-refractivity contribution >= 4 is 23.7 Å². The highest BCUT2D eigenvalue weighted by molar-refractivity contribution is 6.31. The number of rotatable bonds is 7. The van der Waals surface area contributed by atoms with Crippen molar-refractivity contribution in [2.75, 3.05) is 27.7 Å². The van der Waals surface area contributed by atoms with Crippen LogP contribution in [0.4, 0.5) is 9.18 Å². The van der Waals surface area contributed by atoms with E-state index in [4.69, 9.17) is 25.8 Å². The predicted molar refractivity (Wildman–Crippen MR) is 157 cm³/mol. The average molecular weight is 589 g/mol. The molecule has 0 unspecified atom stereocenters. The summed E-state index contributed by atoms with van der Waals surface area (Å²) >= 11 is 6.44. The van der Waals surface area contributed by atoms with Crippen molar-refractivity contribution in [2.24, 2.45) is 5.92 Å². The van der Waals surface area contributed by atoms with Crippen LogP contribution in [0.1, 0.15) is 64.0 Å². The fraction of sp³-hybridized carbons (Fsp3) is 0.562. The number of likely N-dealkylation sites (tertiary alicyclic amines) is 1. The maximum absolute atomic E-state index is 15.0. The van der Waals surface area contributed by atoms with Crippen molar-refractivity contribution < 1.29 is 28.2 Å². The van der Waals surface area contributed by atoms with Gasteiger partial charge in [0.2, 0.25) is 0 Å². The molecule has 0 aromatic heterocycles. The first kappa shape index (κ1) is 31.1. The molecule has 2 atom stereocenters. The van der Waals surface area contributed by atoms with Crippen molar-refractivity contribution in [3.8, 4) is 5.75 Å². The molecule has 1 saturated heterocycles. The molecule has 1 aliphatic heterocycles. The Morgan fingerprint density at radius 1 is 1.12 bits per heavy atom. The quantitative estimate of drug-likeness (QED) is 0.340. The lowest BCUT2D eigenvalue weighted by molar-refractivity contribution is -0.145. The topological polar surface area (TPSA) is 68.3 Å². The van der Waals surface area contributed by atoms with E-state index in [0.717, 1.165) is 25.7 Å². The third kappa shape index (κ3) is 7.15. The molecule has 0 spiro atoms. The summed E-state index contributed by atoms with van der Waals surface area (Å²) in [7, 11) is 5.55. The van der Waals surface area contributed by atoms with E-state index in [1.807, 2.05) is 6.07 Å². The molecule has 2 fully saturated rings. The van der Waals surface area contributed by atoms with Gasteiger partial charge in [-0.3, -0.25) is 9.80 Å². The average Bonchev–Trinajstić information content (AvgIpc) is 3.35. The van der Waals surface area contributed by atoms with Gasteiger partial charge in [-0.05, 0) is 90.1 Å². The zero-order valence-electron chi connectivity index (χ0n) is 24.9. The number of amides is 1. The lowest BCUT2D eigenvalue weighted by atomic mass is 9.70. The summed E-state index contributed by atoms with van der Waals surface area (Å²) in [5.41, 5.74) is 1.29. The highest BCUT2D eigenvalue weighted by Crippen LogP contribution is 2.44. The van der Waals surface area contributed by atoms with E-state index in [2.05, 4.69) is 43.3 Å². The molecule has 2 aliphatic rings. The molecule has 224 valence electrons. The molecule has 2 aromatic carbocycles. The van der Waals surface area contributed by atoms with Gasteiger partial charge in [0.25, 0.3) is 0 Å². The van der Waals surface area contributed by atoms with Crippen LogP contribution in [0.5, 0.6) is 5.75 Å². The molecule has 0 radical (unpaired) electrons. The first-order valence-electron chi connectivity index (χ1n) is 14.3. The van der Waals surface area contributed by atoms with Gasteiger partial charge in [-0.1, -0.05) is 41.9 Å². The van der Waals surface area contributed by atoms with E-state index < -0.39 is 35.6 Å². The van der Waals surface area contributed by atoms with Crippen molar-refractivity contribution in [3.05, 3.63) is 64.4 Å². The summed E-state index contributed by atoms with van der Waals surface area (Å²) < 4.78 is 31.5. The summed E-state index contributed by atoms with van der Waals surface area (Å²) in [6, 6.07) is 12.8. The van der Waals surface area contributed by atoms with Crippen LogP contribution in [0.15, 0.2) is 42.5 Å². The normalized spacial score (nSPS) is 24.8. The fourth-order valence-electron chi connectivity index (χ4n) is 6.20. The smallest absolute Gasteiger partial charge is 0.411 e. The molecule has 2 aromatic rings. The van der Waals surface area contributed by atoms with Gasteiger partial charge in [0, 0.05) is 18.0 Å². The Bertz CT molecular complexity index is 1220. The lowest BCUT2D eigenvalue weighted by Crippen LogP contribution is -2.44. The fourth-order valence-corrected chi connectivity index (χ4v) is 6.39. The van der Waals surface area contributed by atoms with Crippen LogP contribution < -0.4 is 4.74 Å². The Kier molecular flexibility index (Phi) is 9.54. The highest BCUT2D eigenvalue weighted by atomic mass is 35.5. The van der Waals surface area contributed by atoms with Crippen molar-refractivity contribution in [3.63, 3.8) is 0 Å². The zero-order valence-corrected chi connectivity index (χ0v) is 25.7. The Morgan fingerprint density at radius 3 is 2.37 bits per heavy atom. The summed E-state index contributed by atoms with van der Waals surface area (Å²) in [4.78, 5) is 28.9. The Hall–Kier alpha value is -2.84. The van der Waals surface area contributed by atoms with E-state index in [0.29, 0.717) is 23.7 Å². The van der Waals surface area contributed by atoms with Gasteiger partial charge < -0.3 is 14.2 Å². The van der Waals surface area contributed by atoms with Crippen LogP contribution in [0, 0.1) is 11.7 Å². The third-order valence-electron chi connectivity index (χ3n) is 8.35. The number of hydrogen-bond donors (Lipinski definition) is 0. The molecule has 1 saturated carbocycles. The maximum atomic E-state index is 15.0. The first-order chi connectivity index (χ1) is 19.3. The zero-order chi connectivity index (χ0) is 29.9. The molecule has 41 heavy (non-hydrogen) atoms. The van der Waals surface area contributed by atoms with Crippen LogP contribution in [0.25, 0.3) is 0 Å². The van der Waals surface area contributed by atoms with E-state index in [9.17, 15) is 14.0 Å². The summed E-state index contributed by atoms with van der Waals surface area (Å²) in [5.74, 6) is -0.416. The Morgan fingerprint density at radius 2 is 1.78 bits per heavy atom. The van der Waals surface area contributed by atoms with E-state index >= 15 is 0 Å². The maximum Gasteiger partial charge on any atom is 0.411 e. The number of benzene rings is 2. The minimum atomic E-state index is -0.847. The van der Waals surface area contributed by atoms with Crippen LogP contribution >= 0.6 is 11.6 Å². The second-order valence-electron chi connectivity index (χ2n) is 12.5. The van der Waals surface area contributed by atoms with Gasteiger partial charge in [0.15, 0.2) is 0 Å². The SMILES string of the molecule is COC(=O)[C@@H]1C[C@H](Oc2cc(F)c(Cl)c(CC3CCC(c4ccccc4)(N(C)C)CC3)c2)CN1C(=O)OC(C)(C)C. The van der Waals surface area contributed by atoms with Crippen LogP contribution in [-0.4, -0.2) is 67.4 Å². The molecule has 4 rings (SSSR count). The highest BCUT2D eigenvalue weighted by Gasteiger charge is 2.43. The lowest BCUT2D eigenvalue weighted by Gasteiger charge is -2.45. The van der Waals surface area contributed by atoms with Crippen molar-refractivity contribution in [2.45, 2.75) is 82.6 Å². The number of ether oxygens (including phenoxy) is 3. The Labute approximate surface area is 247 Å². The molecular weight excluding hydrogens is 547 g/mol. The van der Waals surface area contributed by atoms with Crippen molar-refractivity contribution in [1.29, 1.82) is 0 Å². The molecule has 1 amide bonds. The molecule has 1 aliphatic carbocycles. The molecule has 7 nitrogen and oxygen atoms in total. The Balaban J connectivity index is 1.46. The number of methoxy groups -OCH3 is 1. The molecule has 9 heteroatoms. The van der Waals surface area contributed by atoms with Gasteiger partial charge in [-0.2, -0.15) is 0 Å². The number of carbonyl (C=O) groups is 2. The van der Waals surface area contributed by atoms with Crippen LogP contribution in [-0.2, 0) is 26.2 Å². The minimum Gasteiger partial charge on any atom is -0.488 e. The van der Waals surface area contributed by atoms with E-state index in [-0.39, 0.29) is 23.5 Å². The second kappa shape index (κ2) is 12.6. The molecular formula is C32H42ClFN2O5. The summed E-state index contributed by atoms with van der Waals surface area (Å²) in [5, 5.41) is 0.110. The third-order valence-corrected chi connectivity index (χ3v) is 8.78. The minimum absolute atomic E-state index is 0.0174. The van der Waals surface area contributed by atoms with Crippen LogP contribution in [0.3, 0.4) is 0 Å². The number of esters is 1. The van der Waals surface area contributed by atoms with E-state index in [1.54, 1.807) is 26.8 Å². The summed E-state index contributed by atoms with van der Waals surface area (Å²) in [6.07, 6.45) is 3.68. The first-order valence-corrected chi connectivity index (χ1v) is 14.7. The number of nitrogens with zero attached hydrogens (tertiary/aromatic N) is 2. The molecule has 0 bridgehead atoms. The standard InChI is InChI=1S/C32H42ClFN2O5/c1-31(2,3)41-30(38)36-20-25(19-27(36)29(37)39-6)40-24-17-22(28(33)26(34)18-24)16-21-12-14-32(15-13-21,35(4)5)23-10-8-7-9-11-23/h7-11,17-18,21,25,27H,12-16,19-20H2,1-6H3/t21?,25-,27-,32?/m0/s1. The number of hydrogen-bond acceptors (Lipinski definition) is 6. The van der Waals surface area contributed by atoms with Gasteiger partial charge >= 0.3 is 12.1 Å². The van der Waals surface area contributed by atoms with Gasteiger partial charge in [-0.25, -0.2) is 14.0 Å². The summed E-state index contributed by atoms with van der Waals surface area (Å²) in [6.45, 7) is 5.39. The van der Waals surface area contributed by atoms with Gasteiger partial charge in [-0.15, -0.1) is 0 Å². The van der Waals surface area contributed by atoms with Crippen LogP contribution in [0.2, 0.25) is 5.02 Å². The predicted octanol–water partition coefficient (Wildman–Crippen LogP) is 6.60. The van der Waals surface area contributed by atoms with Gasteiger partial charge in [0.1, 0.15) is 29.3 Å². The number of halogens is 2. The molecule has 1 heterocycles. The molecule has 0 N–H and O–H groups in total. The largest absolute Gasteiger partial charge is 0.488 e. The van der Waals surface area contributed by atoms with Gasteiger partial charge in [0.05, 0.1) is 18.7 Å². The van der Waals surface area contributed by atoms with Crippen molar-refractivity contribution in [1.82, 2.24) is 9.80 Å². The monoisotopic (exact) mass is 588 g/mol. The van der Waals surface area contributed by atoms with E-state index in [1.165, 1.54) is 23.6 Å². The number of carbonyl (C=O) groups excluding carboxylic acids is 2.